The Morgan fingerprint density at radius 3 is 0.474 bits per heavy atom. The second-order valence-electron chi connectivity index (χ2n) is 36.9. The van der Waals surface area contributed by atoms with Crippen LogP contribution in [0.1, 0.15) is 350 Å². The van der Waals surface area contributed by atoms with Gasteiger partial charge in [-0.3, -0.25) is 42.5 Å². The Labute approximate surface area is 606 Å². The molecule has 13 aliphatic rings. The molecule has 0 aromatic carbocycles. The van der Waals surface area contributed by atoms with Gasteiger partial charge in [0.15, 0.2) is 16.6 Å². The van der Waals surface area contributed by atoms with Crippen molar-refractivity contribution in [1.82, 2.24) is 42.5 Å². The van der Waals surface area contributed by atoms with Crippen LogP contribution < -0.4 is 42.5 Å². The lowest BCUT2D eigenvalue weighted by atomic mass is 9.62. The van der Waals surface area contributed by atoms with Gasteiger partial charge in [0.2, 0.25) is 0 Å². The maximum atomic E-state index is 11.0. The summed E-state index contributed by atoms with van der Waals surface area (Å²) in [6, 6.07) is 7.03. The van der Waals surface area contributed by atoms with Crippen LogP contribution in [-0.4, -0.2) is 86.5 Å². The second kappa shape index (κ2) is 40.8. The number of fused-ring (bicyclic) bond motifs is 24. The van der Waals surface area contributed by atoms with Crippen LogP contribution in [0.15, 0.2) is 0 Å². The second-order valence-corrected chi connectivity index (χ2v) is 44.8. The van der Waals surface area contributed by atoms with E-state index in [2.05, 4.69) is 84.1 Å². The van der Waals surface area contributed by atoms with Crippen molar-refractivity contribution in [1.29, 1.82) is 0 Å². The third-order valence-electron chi connectivity index (χ3n) is 30.3. The highest BCUT2D eigenvalue weighted by atomic mass is 28.4. The Kier molecular flexibility index (Phi) is 33.6. The Hall–Kier alpha value is 0.251. The molecule has 564 valence electrons. The molecule has 0 aromatic heterocycles. The fourth-order valence-electron chi connectivity index (χ4n) is 24.8. The molecule has 0 radical (unpaired) electrons. The van der Waals surface area contributed by atoms with Crippen molar-refractivity contribution >= 4 is 27.6 Å². The van der Waals surface area contributed by atoms with Crippen molar-refractivity contribution in [3.05, 3.63) is 0 Å². The maximum absolute atomic E-state index is 11.0. The van der Waals surface area contributed by atoms with E-state index in [1.807, 2.05) is 0 Å². The van der Waals surface area contributed by atoms with E-state index in [0.29, 0.717) is 49.3 Å². The van der Waals surface area contributed by atoms with Crippen LogP contribution in [0, 0.1) is 94.7 Å². The highest BCUT2D eigenvalue weighted by molar-refractivity contribution is 6.72. The van der Waals surface area contributed by atoms with E-state index >= 15 is 0 Å². The maximum Gasteiger partial charge on any atom is 0.188 e. The zero-order chi connectivity index (χ0) is 66.7. The van der Waals surface area contributed by atoms with Gasteiger partial charge in [0.1, 0.15) is 0 Å². The summed E-state index contributed by atoms with van der Waals surface area (Å²) in [6.45, 7) is 13.6. The van der Waals surface area contributed by atoms with Gasteiger partial charge in [-0.15, -0.1) is 0 Å². The van der Waals surface area contributed by atoms with Gasteiger partial charge >= 0.3 is 0 Å². The van der Waals surface area contributed by atoms with Crippen molar-refractivity contribution in [3.8, 4) is 0 Å². The first-order valence-corrected chi connectivity index (χ1v) is 49.7. The molecule has 8 bridgehead atoms. The average molecular weight is 1400 g/mol. The molecular formula is C84H164N8O2Si3. The SMILES string of the molecule is C1CCC2CC3C4NC(NC5NC(NC6NC(NC7NC(N4)C4CC8CCCCC8CC74)C4CC7CCCCC7CC64)C4CC6CCCCC6CC54)C3CC2C1.CCCCCC[Si](O)(CCCCCC)CCCCCC.CCCCCC[Si](O)(CCCCCC)CCCCCC.[SiH4]. The van der Waals surface area contributed by atoms with Gasteiger partial charge in [0, 0.05) is 0 Å². The van der Waals surface area contributed by atoms with Crippen LogP contribution in [0.25, 0.3) is 0 Å². The first kappa shape index (κ1) is 79.8. The normalized spacial score (nSPS) is 39.6. The Morgan fingerprint density at radius 1 is 0.216 bits per heavy atom. The molecular weight excluding hydrogens is 1240 g/mol. The lowest BCUT2D eigenvalue weighted by Gasteiger charge is -2.46. The molecule has 5 aliphatic heterocycles. The molecule has 13 rings (SSSR count). The van der Waals surface area contributed by atoms with Crippen LogP contribution in [0.2, 0.25) is 36.3 Å². The predicted octanol–water partition coefficient (Wildman–Crippen LogP) is 18.6. The Balaban J connectivity index is 0.000000207. The fourth-order valence-corrected chi connectivity index (χ4v) is 31.8. The Bertz CT molecular complexity index is 1760. The minimum atomic E-state index is -1.90. The minimum Gasteiger partial charge on any atom is -0.432 e. The van der Waals surface area contributed by atoms with Gasteiger partial charge in [0.25, 0.3) is 0 Å². The van der Waals surface area contributed by atoms with E-state index in [0.717, 1.165) is 94.7 Å². The van der Waals surface area contributed by atoms with E-state index < -0.39 is 16.6 Å². The van der Waals surface area contributed by atoms with Gasteiger partial charge in [-0.25, -0.2) is 0 Å². The summed E-state index contributed by atoms with van der Waals surface area (Å²) in [5.74, 6) is 13.6. The molecule has 13 heteroatoms. The largest absolute Gasteiger partial charge is 0.432 e. The summed E-state index contributed by atoms with van der Waals surface area (Å²) < 4.78 is 0. The van der Waals surface area contributed by atoms with E-state index in [9.17, 15) is 9.59 Å². The molecule has 0 spiro atoms. The molecule has 5 saturated heterocycles. The van der Waals surface area contributed by atoms with E-state index in [4.69, 9.17) is 0 Å². The Morgan fingerprint density at radius 2 is 0.351 bits per heavy atom. The van der Waals surface area contributed by atoms with Gasteiger partial charge in [0.05, 0.1) is 49.3 Å². The van der Waals surface area contributed by atoms with Crippen LogP contribution in [0.5, 0.6) is 0 Å². The third kappa shape index (κ3) is 21.8. The van der Waals surface area contributed by atoms with Crippen molar-refractivity contribution in [2.45, 2.75) is 435 Å². The number of unbranched alkanes of at least 4 members (excludes halogenated alkanes) is 18. The first-order chi connectivity index (χ1) is 47.0. The molecule has 16 atom stereocenters. The predicted molar refractivity (Wildman–Crippen MR) is 423 cm³/mol. The van der Waals surface area contributed by atoms with Crippen molar-refractivity contribution in [2.75, 3.05) is 0 Å². The molecule has 8 saturated carbocycles. The van der Waals surface area contributed by atoms with E-state index in [1.54, 1.807) is 0 Å². The zero-order valence-corrected chi connectivity index (χ0v) is 65.9. The monoisotopic (exact) mass is 1400 g/mol. The summed E-state index contributed by atoms with van der Waals surface area (Å²) in [5.41, 5.74) is 0. The molecule has 10 nitrogen and oxygen atoms in total. The van der Waals surface area contributed by atoms with Crippen molar-refractivity contribution < 1.29 is 9.59 Å². The van der Waals surface area contributed by atoms with Crippen LogP contribution in [0.3, 0.4) is 0 Å². The third-order valence-corrected chi connectivity index (χ3v) is 38.0. The number of rotatable bonds is 30. The lowest BCUT2D eigenvalue weighted by molar-refractivity contribution is 0.0496. The summed E-state index contributed by atoms with van der Waals surface area (Å²) in [7, 11) is -3.80. The summed E-state index contributed by atoms with van der Waals surface area (Å²) in [4.78, 5) is 22.1. The molecule has 8 aliphatic carbocycles. The molecule has 16 unspecified atom stereocenters. The van der Waals surface area contributed by atoms with Crippen LogP contribution >= 0.6 is 0 Å². The molecule has 10 N–H and O–H groups in total. The molecule has 0 amide bonds. The number of hydrogen-bond donors (Lipinski definition) is 10. The first-order valence-electron chi connectivity index (χ1n) is 44.6. The van der Waals surface area contributed by atoms with Crippen molar-refractivity contribution in [3.63, 3.8) is 0 Å². The van der Waals surface area contributed by atoms with E-state index in [1.165, 1.54) is 344 Å². The highest BCUT2D eigenvalue weighted by Gasteiger charge is 2.59. The standard InChI is InChI=1S/C48H80N8.2C18H40OSi.H4Si/c1-2-10-26-18-34-33(17-25(26)9-1)41-49-42(34)54-44-37-21-29-13-5-6-14-30(29)22-38(37)46(51-44)56-48-40-24-32-16-8-7-15-31(32)23-39(40)47(52-48)55-45-36-20-28-12-4-3-11-27(28)19-35(36)43(50-45)53-41;2*1-4-7-10-13-16-20(19,17-14-11-8-5-2)18-15-12-9-6-3;/h25-56H,1-24H2;2*19H,4-18H2,1-3H3;1H4. The minimum absolute atomic E-state index is 0. The molecule has 5 heterocycles. The summed E-state index contributed by atoms with van der Waals surface area (Å²) in [6.07, 6.45) is 70.0. The lowest BCUT2D eigenvalue weighted by Crippen LogP contribution is -2.61. The van der Waals surface area contributed by atoms with Gasteiger partial charge in [-0.1, -0.05) is 298 Å². The fraction of sp³-hybridized carbons (Fsp3) is 1.00. The molecule has 97 heavy (non-hydrogen) atoms. The number of hydrogen-bond acceptors (Lipinski definition) is 10. The van der Waals surface area contributed by atoms with Gasteiger partial charge in [-0.05, 0) is 193 Å². The zero-order valence-electron chi connectivity index (χ0n) is 63.9. The van der Waals surface area contributed by atoms with Crippen LogP contribution in [0.4, 0.5) is 0 Å². The molecule has 0 aromatic rings. The average Bonchev–Trinajstić information content (AvgIpc) is 1.59. The topological polar surface area (TPSA) is 137 Å². The quantitative estimate of drug-likeness (QED) is 0.0250. The van der Waals surface area contributed by atoms with E-state index in [-0.39, 0.29) is 11.0 Å². The van der Waals surface area contributed by atoms with Crippen LogP contribution in [-0.2, 0) is 0 Å². The molecule has 13 fully saturated rings. The van der Waals surface area contributed by atoms with Gasteiger partial charge in [-0.2, -0.15) is 0 Å². The smallest absolute Gasteiger partial charge is 0.188 e. The number of nitrogens with one attached hydrogen (secondary N) is 8. The van der Waals surface area contributed by atoms with Gasteiger partial charge < -0.3 is 9.59 Å². The summed E-state index contributed by atoms with van der Waals surface area (Å²) >= 11 is 0. The van der Waals surface area contributed by atoms with Crippen molar-refractivity contribution in [2.24, 2.45) is 94.7 Å². The summed E-state index contributed by atoms with van der Waals surface area (Å²) in [5, 5.41) is 35.9. The highest BCUT2D eigenvalue weighted by Crippen LogP contribution is 2.55.